The van der Waals surface area contributed by atoms with Crippen LogP contribution in [0.15, 0.2) is 5.34 Å². The normalized spacial score (nSPS) is 11.1. The maximum atomic E-state index is 9.47. The lowest BCUT2D eigenvalue weighted by atomic mass is 10.2. The first kappa shape index (κ1) is 9.98. The number of hydrogen-bond acceptors (Lipinski definition) is 3. The van der Waals surface area contributed by atoms with Crippen molar-refractivity contribution in [2.75, 3.05) is 6.61 Å². The summed E-state index contributed by atoms with van der Waals surface area (Å²) < 4.78 is -0.970. The Morgan fingerprint density at radius 1 is 1.60 bits per heavy atom. The Kier molecular flexibility index (Phi) is 4.73. The number of hydrogen-bond donors (Lipinski definition) is 0. The second-order valence-electron chi connectivity index (χ2n) is 1.95. The summed E-state index contributed by atoms with van der Waals surface area (Å²) in [5, 5.41) is 2.18. The summed E-state index contributed by atoms with van der Waals surface area (Å²) in [5.74, 6) is 0. The summed E-state index contributed by atoms with van der Waals surface area (Å²) in [6.07, 6.45) is 1.43. The van der Waals surface area contributed by atoms with Crippen LogP contribution in [0.25, 0.3) is 0 Å². The van der Waals surface area contributed by atoms with E-state index < -0.39 is 4.33 Å². The van der Waals surface area contributed by atoms with Gasteiger partial charge in [-0.15, -0.1) is 4.91 Å². The second kappa shape index (κ2) is 4.74. The van der Waals surface area contributed by atoms with Crippen LogP contribution in [0.3, 0.4) is 0 Å². The van der Waals surface area contributed by atoms with Crippen LogP contribution in [0.2, 0.25) is 0 Å². The van der Waals surface area contributed by atoms with Crippen molar-refractivity contribution in [1.29, 1.82) is 0 Å². The van der Waals surface area contributed by atoms with Crippen LogP contribution in [0.1, 0.15) is 19.8 Å². The zero-order chi connectivity index (χ0) is 8.04. The summed E-state index contributed by atoms with van der Waals surface area (Å²) in [6.45, 7) is 1.89. The molecule has 0 N–H and O–H groups in total. The Morgan fingerprint density at radius 3 is 2.60 bits per heavy atom. The summed E-state index contributed by atoms with van der Waals surface area (Å²) >= 11 is 11.3. The van der Waals surface area contributed by atoms with Crippen molar-refractivity contribution in [1.82, 2.24) is 0 Å². The Labute approximate surface area is 69.6 Å². The summed E-state index contributed by atoms with van der Waals surface area (Å²) in [4.78, 5) is 13.6. The zero-order valence-corrected chi connectivity index (χ0v) is 7.15. The van der Waals surface area contributed by atoms with Crippen molar-refractivity contribution in [3.8, 4) is 0 Å². The van der Waals surface area contributed by atoms with Crippen molar-refractivity contribution in [3.05, 3.63) is 4.91 Å². The molecule has 0 aromatic rings. The Hall–Kier alpha value is -0.0200. The third-order valence-corrected chi connectivity index (χ3v) is 1.54. The van der Waals surface area contributed by atoms with E-state index in [0.29, 0.717) is 6.42 Å². The molecule has 60 valence electrons. The maximum absolute atomic E-state index is 9.47. The number of rotatable bonds is 5. The first-order chi connectivity index (χ1) is 4.62. The number of nitrogens with zero attached hydrogens (tertiary/aromatic N) is 1. The van der Waals surface area contributed by atoms with Crippen molar-refractivity contribution >= 4 is 23.2 Å². The highest BCUT2D eigenvalue weighted by molar-refractivity contribution is 6.48. The van der Waals surface area contributed by atoms with Gasteiger partial charge in [0.05, 0.1) is 0 Å². The van der Waals surface area contributed by atoms with Gasteiger partial charge in [-0.2, -0.15) is 0 Å². The van der Waals surface area contributed by atoms with Gasteiger partial charge in [0.25, 0.3) is 0 Å². The summed E-state index contributed by atoms with van der Waals surface area (Å²) in [6, 6.07) is 0. The van der Waals surface area contributed by atoms with Crippen LogP contribution in [0, 0.1) is 4.91 Å². The van der Waals surface area contributed by atoms with Crippen LogP contribution in [0.4, 0.5) is 0 Å². The van der Waals surface area contributed by atoms with E-state index in [1.165, 1.54) is 0 Å². The van der Waals surface area contributed by atoms with Gasteiger partial charge in [-0.3, -0.25) is 0 Å². The van der Waals surface area contributed by atoms with Crippen LogP contribution in [-0.2, 0) is 4.84 Å². The van der Waals surface area contributed by atoms with Crippen LogP contribution in [-0.4, -0.2) is 10.9 Å². The van der Waals surface area contributed by atoms with Gasteiger partial charge in [0.15, 0.2) is 16.3 Å². The molecule has 0 fully saturated rings. The molecule has 0 unspecified atom stereocenters. The molecule has 0 atom stereocenters. The molecule has 0 bridgehead atoms. The fraction of sp³-hybridized carbons (Fsp3) is 1.00. The lowest BCUT2D eigenvalue weighted by Gasteiger charge is -2.14. The molecule has 5 heteroatoms. The smallest absolute Gasteiger partial charge is 0.155 e. The largest absolute Gasteiger partial charge is 0.361 e. The van der Waals surface area contributed by atoms with Crippen LogP contribution >= 0.6 is 23.2 Å². The first-order valence-electron chi connectivity index (χ1n) is 2.95. The Balaban J connectivity index is 3.51. The molecule has 0 aliphatic heterocycles. The van der Waals surface area contributed by atoms with Gasteiger partial charge in [-0.25, -0.2) is 0 Å². The van der Waals surface area contributed by atoms with E-state index in [1.54, 1.807) is 0 Å². The molecule has 0 aromatic heterocycles. The van der Waals surface area contributed by atoms with E-state index in [9.17, 15) is 4.91 Å². The van der Waals surface area contributed by atoms with Crippen molar-refractivity contribution < 1.29 is 4.84 Å². The molecule has 0 aromatic carbocycles. The molecular weight excluding hydrogens is 177 g/mol. The van der Waals surface area contributed by atoms with Crippen molar-refractivity contribution in [3.63, 3.8) is 0 Å². The Bertz CT molecular complexity index is 108. The lowest BCUT2D eigenvalue weighted by Crippen LogP contribution is -2.18. The van der Waals surface area contributed by atoms with Gasteiger partial charge in [0.1, 0.15) is 0 Å². The SMILES string of the molecule is CCCC(Cl)(Cl)CON=O. The lowest BCUT2D eigenvalue weighted by molar-refractivity contribution is 0.129. The molecule has 10 heavy (non-hydrogen) atoms. The van der Waals surface area contributed by atoms with Crippen molar-refractivity contribution in [2.45, 2.75) is 24.1 Å². The molecule has 0 radical (unpaired) electrons. The van der Waals surface area contributed by atoms with E-state index >= 15 is 0 Å². The van der Waals surface area contributed by atoms with E-state index in [0.717, 1.165) is 6.42 Å². The van der Waals surface area contributed by atoms with E-state index in [-0.39, 0.29) is 6.61 Å². The van der Waals surface area contributed by atoms with Gasteiger partial charge in [0, 0.05) is 0 Å². The predicted octanol–water partition coefficient (Wildman–Crippen LogP) is 2.66. The van der Waals surface area contributed by atoms with Crippen LogP contribution < -0.4 is 0 Å². The van der Waals surface area contributed by atoms with Crippen LogP contribution in [0.5, 0.6) is 0 Å². The minimum atomic E-state index is -0.970. The quantitative estimate of drug-likeness (QED) is 0.376. The highest BCUT2D eigenvalue weighted by Crippen LogP contribution is 2.26. The van der Waals surface area contributed by atoms with E-state index in [4.69, 9.17) is 23.2 Å². The average Bonchev–Trinajstić information content (AvgIpc) is 1.84. The van der Waals surface area contributed by atoms with Gasteiger partial charge >= 0.3 is 0 Å². The average molecular weight is 186 g/mol. The molecule has 0 aliphatic rings. The molecule has 3 nitrogen and oxygen atoms in total. The zero-order valence-electron chi connectivity index (χ0n) is 5.64. The highest BCUT2D eigenvalue weighted by Gasteiger charge is 2.23. The molecule has 0 rings (SSSR count). The fourth-order valence-electron chi connectivity index (χ4n) is 0.559. The third kappa shape index (κ3) is 4.82. The van der Waals surface area contributed by atoms with Gasteiger partial charge in [0.2, 0.25) is 0 Å². The molecule has 0 amide bonds. The monoisotopic (exact) mass is 185 g/mol. The van der Waals surface area contributed by atoms with Crippen molar-refractivity contribution in [2.24, 2.45) is 5.34 Å². The Morgan fingerprint density at radius 2 is 2.20 bits per heavy atom. The minimum Gasteiger partial charge on any atom is -0.361 e. The van der Waals surface area contributed by atoms with Gasteiger partial charge in [-0.1, -0.05) is 36.5 Å². The van der Waals surface area contributed by atoms with E-state index in [1.807, 2.05) is 6.92 Å². The molecule has 0 aliphatic carbocycles. The van der Waals surface area contributed by atoms with Gasteiger partial charge in [-0.05, 0) is 6.42 Å². The van der Waals surface area contributed by atoms with E-state index in [2.05, 4.69) is 10.2 Å². The number of alkyl halides is 2. The summed E-state index contributed by atoms with van der Waals surface area (Å²) in [5.41, 5.74) is 0. The molecular formula is C5H9Cl2NO2. The highest BCUT2D eigenvalue weighted by atomic mass is 35.5. The third-order valence-electron chi connectivity index (χ3n) is 0.944. The maximum Gasteiger partial charge on any atom is 0.155 e. The minimum absolute atomic E-state index is 0.0482. The first-order valence-corrected chi connectivity index (χ1v) is 3.70. The molecule has 0 heterocycles. The topological polar surface area (TPSA) is 38.7 Å². The molecule has 0 saturated heterocycles. The summed E-state index contributed by atoms with van der Waals surface area (Å²) in [7, 11) is 0. The fourth-order valence-corrected chi connectivity index (χ4v) is 1.03. The predicted molar refractivity (Wildman–Crippen MR) is 41.1 cm³/mol. The molecule has 0 saturated carbocycles. The molecule has 0 spiro atoms. The second-order valence-corrected chi connectivity index (χ2v) is 3.59. The number of halogens is 2. The van der Waals surface area contributed by atoms with Gasteiger partial charge < -0.3 is 4.84 Å². The standard InChI is InChI=1S/C5H9Cl2NO2/c1-2-3-5(6,7)4-10-8-9/h2-4H2,1H3.